The van der Waals surface area contributed by atoms with Crippen molar-refractivity contribution >= 4 is 44.8 Å². The molecule has 0 aliphatic carbocycles. The van der Waals surface area contributed by atoms with Gasteiger partial charge in [-0.05, 0) is 79.2 Å². The molecular weight excluding hydrogens is 587 g/mol. The van der Waals surface area contributed by atoms with Gasteiger partial charge in [-0.2, -0.15) is 0 Å². The lowest BCUT2D eigenvalue weighted by Crippen LogP contribution is -2.28. The van der Waals surface area contributed by atoms with Crippen molar-refractivity contribution in [2.45, 2.75) is 24.3 Å². The number of halogens is 2. The van der Waals surface area contributed by atoms with E-state index in [2.05, 4.69) is 10.0 Å². The number of ether oxygens (including phenoxy) is 3. The first-order chi connectivity index (χ1) is 19.7. The van der Waals surface area contributed by atoms with Crippen LogP contribution in [0.3, 0.4) is 0 Å². The van der Waals surface area contributed by atoms with Gasteiger partial charge < -0.3 is 19.5 Å². The summed E-state index contributed by atoms with van der Waals surface area (Å²) in [5.41, 5.74) is 0.945. The third-order valence-corrected chi connectivity index (χ3v) is 8.22. The van der Waals surface area contributed by atoms with Gasteiger partial charge in [0.25, 0.3) is 15.9 Å². The molecule has 41 heavy (non-hydrogen) atoms. The minimum Gasteiger partial charge on any atom is -0.490 e. The number of carbonyl (C=O) groups excluding carboxylic acids is 1. The van der Waals surface area contributed by atoms with Crippen LogP contribution in [0.1, 0.15) is 35.3 Å². The van der Waals surface area contributed by atoms with E-state index in [9.17, 15) is 13.2 Å². The summed E-state index contributed by atoms with van der Waals surface area (Å²) in [5, 5.41) is 3.62. The molecule has 8 nitrogen and oxygen atoms in total. The summed E-state index contributed by atoms with van der Waals surface area (Å²) < 4.78 is 46.1. The summed E-state index contributed by atoms with van der Waals surface area (Å²) in [4.78, 5) is 13.3. The second-order valence-corrected chi connectivity index (χ2v) is 11.8. The van der Waals surface area contributed by atoms with Crippen molar-refractivity contribution < 1.29 is 27.4 Å². The van der Waals surface area contributed by atoms with Crippen LogP contribution in [0.4, 0.5) is 5.69 Å². The zero-order chi connectivity index (χ0) is 29.0. The summed E-state index contributed by atoms with van der Waals surface area (Å²) in [6, 6.07) is 22.2. The van der Waals surface area contributed by atoms with E-state index < -0.39 is 22.0 Å². The van der Waals surface area contributed by atoms with Gasteiger partial charge in [0.15, 0.2) is 11.5 Å². The quantitative estimate of drug-likeness (QED) is 0.217. The molecule has 0 fully saturated rings. The van der Waals surface area contributed by atoms with Gasteiger partial charge >= 0.3 is 0 Å². The predicted molar refractivity (Wildman–Crippen MR) is 158 cm³/mol. The Morgan fingerprint density at radius 3 is 2.39 bits per heavy atom. The number of hydrogen-bond acceptors (Lipinski definition) is 6. The lowest BCUT2D eigenvalue weighted by molar-refractivity contribution is 0.0940. The molecule has 4 aromatic carbocycles. The van der Waals surface area contributed by atoms with Gasteiger partial charge in [0.2, 0.25) is 0 Å². The maximum absolute atomic E-state index is 13.3. The summed E-state index contributed by atoms with van der Waals surface area (Å²) >= 11 is 12.3. The van der Waals surface area contributed by atoms with E-state index in [4.69, 9.17) is 37.4 Å². The van der Waals surface area contributed by atoms with E-state index in [1.807, 2.05) is 25.1 Å². The first-order valence-corrected chi connectivity index (χ1v) is 15.0. The van der Waals surface area contributed by atoms with Crippen LogP contribution in [-0.2, 0) is 10.0 Å². The fourth-order valence-electron chi connectivity index (χ4n) is 4.15. The zero-order valence-corrected chi connectivity index (χ0v) is 24.2. The largest absolute Gasteiger partial charge is 0.490 e. The second-order valence-electron chi connectivity index (χ2n) is 9.25. The second kappa shape index (κ2) is 12.3. The average molecular weight is 614 g/mol. The fraction of sp³-hybridized carbons (Fsp3) is 0.167. The van der Waals surface area contributed by atoms with E-state index >= 15 is 0 Å². The van der Waals surface area contributed by atoms with Crippen LogP contribution in [0.2, 0.25) is 10.0 Å². The molecular formula is C30H26Cl2N2O6S. The highest BCUT2D eigenvalue weighted by Gasteiger charge is 2.22. The summed E-state index contributed by atoms with van der Waals surface area (Å²) in [7, 11) is -4.06. The molecule has 0 spiro atoms. The van der Waals surface area contributed by atoms with Crippen molar-refractivity contribution in [3.63, 3.8) is 0 Å². The van der Waals surface area contributed by atoms with E-state index in [1.54, 1.807) is 24.3 Å². The number of para-hydroxylation sites is 1. The molecule has 1 aliphatic rings. The Morgan fingerprint density at radius 2 is 1.63 bits per heavy atom. The molecule has 0 radical (unpaired) electrons. The van der Waals surface area contributed by atoms with Gasteiger partial charge in [0, 0.05) is 11.4 Å². The number of anilines is 1. The fourth-order valence-corrected chi connectivity index (χ4v) is 5.57. The lowest BCUT2D eigenvalue weighted by Gasteiger charge is -2.18. The highest BCUT2D eigenvalue weighted by Crippen LogP contribution is 2.33. The van der Waals surface area contributed by atoms with Crippen LogP contribution >= 0.6 is 23.2 Å². The molecule has 4 aromatic rings. The normalized spacial score (nSPS) is 13.5. The van der Waals surface area contributed by atoms with Gasteiger partial charge in [-0.1, -0.05) is 41.4 Å². The van der Waals surface area contributed by atoms with Crippen molar-refractivity contribution in [1.82, 2.24) is 5.32 Å². The van der Waals surface area contributed by atoms with Gasteiger partial charge in [0.05, 0.1) is 40.4 Å². The van der Waals surface area contributed by atoms with Crippen LogP contribution in [-0.4, -0.2) is 27.5 Å². The molecule has 0 saturated heterocycles. The standard InChI is InChI=1S/C30H26Cl2N2O6S/c1-19(20-7-14-28-29(17-20)39-16-4-15-38-28)33-30(35)24-18-21(31)8-13-26(24)34-41(36,37)23-11-9-22(10-12-23)40-27-6-3-2-5-25(27)32/h2-3,5-14,17-19,34H,4,15-16H2,1H3,(H,33,35)/t19-/m0/s1. The topological polar surface area (TPSA) is 103 Å². The Kier molecular flexibility index (Phi) is 8.58. The van der Waals surface area contributed by atoms with Crippen molar-refractivity contribution in [3.8, 4) is 23.0 Å². The van der Waals surface area contributed by atoms with Gasteiger partial charge in [-0.15, -0.1) is 0 Å². The maximum atomic E-state index is 13.3. The van der Waals surface area contributed by atoms with Gasteiger partial charge in [0.1, 0.15) is 11.5 Å². The summed E-state index contributed by atoms with van der Waals surface area (Å²) in [6.07, 6.45) is 0.782. The molecule has 0 saturated carbocycles. The van der Waals surface area contributed by atoms with Crippen molar-refractivity contribution in [1.29, 1.82) is 0 Å². The van der Waals surface area contributed by atoms with Crippen LogP contribution in [0.5, 0.6) is 23.0 Å². The Balaban J connectivity index is 1.32. The number of benzene rings is 4. The number of rotatable bonds is 8. The molecule has 1 heterocycles. The van der Waals surface area contributed by atoms with Crippen LogP contribution < -0.4 is 24.2 Å². The Labute approximate surface area is 248 Å². The number of hydrogen-bond donors (Lipinski definition) is 2. The molecule has 2 N–H and O–H groups in total. The summed E-state index contributed by atoms with van der Waals surface area (Å²) in [5.74, 6) is 1.61. The smallest absolute Gasteiger partial charge is 0.261 e. The van der Waals surface area contributed by atoms with Crippen molar-refractivity contribution in [3.05, 3.63) is 106 Å². The molecule has 5 rings (SSSR count). The van der Waals surface area contributed by atoms with Crippen molar-refractivity contribution in [2.24, 2.45) is 0 Å². The van der Waals surface area contributed by atoms with E-state index in [0.717, 1.165) is 12.0 Å². The molecule has 1 atom stereocenters. The van der Waals surface area contributed by atoms with Crippen LogP contribution in [0.25, 0.3) is 0 Å². The monoisotopic (exact) mass is 612 g/mol. The van der Waals surface area contributed by atoms with Gasteiger partial charge in [-0.3, -0.25) is 9.52 Å². The number of nitrogens with one attached hydrogen (secondary N) is 2. The number of fused-ring (bicyclic) bond motifs is 1. The minimum atomic E-state index is -4.06. The molecule has 0 aromatic heterocycles. The number of amides is 1. The highest BCUT2D eigenvalue weighted by atomic mass is 35.5. The molecule has 212 valence electrons. The lowest BCUT2D eigenvalue weighted by atomic mass is 10.1. The van der Waals surface area contributed by atoms with Crippen molar-refractivity contribution in [2.75, 3.05) is 17.9 Å². The Bertz CT molecular complexity index is 1680. The van der Waals surface area contributed by atoms with E-state index in [0.29, 0.717) is 41.2 Å². The molecule has 1 amide bonds. The van der Waals surface area contributed by atoms with E-state index in [1.165, 1.54) is 42.5 Å². The zero-order valence-electron chi connectivity index (χ0n) is 21.9. The maximum Gasteiger partial charge on any atom is 0.261 e. The number of carbonyl (C=O) groups is 1. The Hall–Kier alpha value is -3.92. The Morgan fingerprint density at radius 1 is 0.902 bits per heavy atom. The van der Waals surface area contributed by atoms with Crippen LogP contribution in [0.15, 0.2) is 89.8 Å². The molecule has 0 bridgehead atoms. The van der Waals surface area contributed by atoms with Gasteiger partial charge in [-0.25, -0.2) is 8.42 Å². The predicted octanol–water partition coefficient (Wildman–Crippen LogP) is 7.24. The first kappa shape index (κ1) is 28.6. The third kappa shape index (κ3) is 6.87. The highest BCUT2D eigenvalue weighted by molar-refractivity contribution is 7.92. The minimum absolute atomic E-state index is 0.0223. The van der Waals surface area contributed by atoms with E-state index in [-0.39, 0.29) is 21.2 Å². The third-order valence-electron chi connectivity index (χ3n) is 6.29. The first-order valence-electron chi connectivity index (χ1n) is 12.7. The molecule has 11 heteroatoms. The average Bonchev–Trinajstić information content (AvgIpc) is 3.20. The molecule has 0 unspecified atom stereocenters. The summed E-state index contributed by atoms with van der Waals surface area (Å²) in [6.45, 7) is 2.94. The molecule has 1 aliphatic heterocycles. The number of sulfonamides is 1. The van der Waals surface area contributed by atoms with Crippen LogP contribution in [0, 0.1) is 0 Å². The SMILES string of the molecule is C[C@H](NC(=O)c1cc(Cl)ccc1NS(=O)(=O)c1ccc(Oc2ccccc2Cl)cc1)c1ccc2c(c1)OCCCO2.